The lowest BCUT2D eigenvalue weighted by Crippen LogP contribution is -2.54. The number of anilines is 2. The van der Waals surface area contributed by atoms with Crippen LogP contribution in [0.1, 0.15) is 48.9 Å². The highest BCUT2D eigenvalue weighted by molar-refractivity contribution is 6.72. The maximum Gasteiger partial charge on any atom is 0.304 e. The maximum atomic E-state index is 16.5. The minimum Gasteiger partial charge on any atom is -0.497 e. The number of carbonyl (C=O) groups is 4. The molecule has 52 heavy (non-hydrogen) atoms. The van der Waals surface area contributed by atoms with Crippen molar-refractivity contribution in [1.82, 2.24) is 4.90 Å². The summed E-state index contributed by atoms with van der Waals surface area (Å²) in [6.07, 6.45) is -1.04. The van der Waals surface area contributed by atoms with Gasteiger partial charge >= 0.3 is 5.97 Å². The maximum absolute atomic E-state index is 16.5. The van der Waals surface area contributed by atoms with Crippen molar-refractivity contribution in [2.45, 2.75) is 88.8 Å². The molecule has 4 aliphatic rings. The van der Waals surface area contributed by atoms with Gasteiger partial charge in [-0.05, 0) is 66.5 Å². The van der Waals surface area contributed by atoms with Gasteiger partial charge < -0.3 is 33.2 Å². The first-order chi connectivity index (χ1) is 24.8. The quantitative estimate of drug-likeness (QED) is 0.142. The molecular weight excluding hydrogens is 686 g/mol. The highest BCUT2D eigenvalue weighted by Gasteiger charge is 2.67. The van der Waals surface area contributed by atoms with Gasteiger partial charge in [0.25, 0.3) is 5.91 Å². The van der Waals surface area contributed by atoms with Crippen molar-refractivity contribution < 1.29 is 42.6 Å². The highest BCUT2D eigenvalue weighted by Crippen LogP contribution is 2.61. The Hall–Kier alpha value is -4.59. The van der Waals surface area contributed by atoms with Crippen molar-refractivity contribution in [3.8, 4) is 5.75 Å². The van der Waals surface area contributed by atoms with E-state index in [1.165, 1.54) is 18.9 Å². The molecule has 3 aromatic rings. The van der Waals surface area contributed by atoms with E-state index in [2.05, 4.69) is 0 Å². The van der Waals surface area contributed by atoms with Crippen LogP contribution >= 0.6 is 0 Å². The second-order valence-electron chi connectivity index (χ2n) is 14.8. The Morgan fingerprint density at radius 3 is 2.38 bits per heavy atom. The average molecular weight is 730 g/mol. The number of carbonyl (C=O) groups excluding carboxylic acids is 4. The predicted molar refractivity (Wildman–Crippen MR) is 193 cm³/mol. The first-order valence-corrected chi connectivity index (χ1v) is 20.6. The van der Waals surface area contributed by atoms with Crippen LogP contribution in [0.15, 0.2) is 66.7 Å². The Kier molecular flexibility index (Phi) is 9.24. The van der Waals surface area contributed by atoms with Gasteiger partial charge in [0.2, 0.25) is 20.2 Å². The summed E-state index contributed by atoms with van der Waals surface area (Å²) in [6, 6.07) is 19.9. The molecule has 4 aliphatic heterocycles. The van der Waals surface area contributed by atoms with Gasteiger partial charge in [-0.25, -0.2) is 0 Å². The molecule has 13 heteroatoms. The van der Waals surface area contributed by atoms with E-state index in [9.17, 15) is 24.3 Å². The zero-order chi connectivity index (χ0) is 37.1. The van der Waals surface area contributed by atoms with Crippen LogP contribution in [0.3, 0.4) is 0 Å². The van der Waals surface area contributed by atoms with E-state index in [-0.39, 0.29) is 43.7 Å². The lowest BCUT2D eigenvalue weighted by atomic mass is 9.82. The van der Waals surface area contributed by atoms with Crippen LogP contribution < -0.4 is 14.5 Å². The van der Waals surface area contributed by atoms with Crippen LogP contribution in [0, 0.1) is 5.92 Å². The topological polar surface area (TPSA) is 126 Å². The molecule has 1 N–H and O–H groups in total. The zero-order valence-corrected chi connectivity index (χ0v) is 31.0. The molecule has 7 rings (SSSR count). The SMILES string of the molecule is COc1ccc2c(c1)[C@]1(O[C@@H](CC(=O)N3Cc4ccccc4C[C@H]3CO)[C@H]([Si](C)(C)F)[C@H]1C)C(=O)N2Cc1ccc(N2C(=O)CC2OC(C)=O)cc1. The average Bonchev–Trinajstić information content (AvgIpc) is 3.53. The molecule has 3 aromatic carbocycles. The fraction of sp³-hybridized carbons (Fsp3) is 0.436. The van der Waals surface area contributed by atoms with E-state index in [0.29, 0.717) is 35.7 Å². The molecular formula is C39H44FN3O8Si. The molecule has 4 heterocycles. The summed E-state index contributed by atoms with van der Waals surface area (Å²) in [5, 5.41) is 10.3. The number of benzene rings is 3. The molecule has 0 aliphatic carbocycles. The lowest BCUT2D eigenvalue weighted by Gasteiger charge is -2.39. The van der Waals surface area contributed by atoms with E-state index in [1.807, 2.05) is 43.3 Å². The molecule has 0 radical (unpaired) electrons. The van der Waals surface area contributed by atoms with Crippen LogP contribution in [0.4, 0.5) is 15.5 Å². The summed E-state index contributed by atoms with van der Waals surface area (Å²) >= 11 is 0. The van der Waals surface area contributed by atoms with Gasteiger partial charge in [0.1, 0.15) is 5.75 Å². The number of nitrogens with zero attached hydrogens (tertiary/aromatic N) is 3. The molecule has 3 amide bonds. The van der Waals surface area contributed by atoms with Crippen molar-refractivity contribution in [3.63, 3.8) is 0 Å². The molecule has 0 bridgehead atoms. The Balaban J connectivity index is 1.19. The molecule has 1 unspecified atom stereocenters. The summed E-state index contributed by atoms with van der Waals surface area (Å²) in [4.78, 5) is 57.6. The number of halogens is 1. The lowest BCUT2D eigenvalue weighted by molar-refractivity contribution is -0.154. The van der Waals surface area contributed by atoms with Gasteiger partial charge in [0, 0.05) is 36.2 Å². The smallest absolute Gasteiger partial charge is 0.304 e. The third kappa shape index (κ3) is 5.98. The Morgan fingerprint density at radius 2 is 1.75 bits per heavy atom. The van der Waals surface area contributed by atoms with Crippen LogP contribution in [0.5, 0.6) is 5.75 Å². The van der Waals surface area contributed by atoms with E-state index >= 15 is 4.11 Å². The summed E-state index contributed by atoms with van der Waals surface area (Å²) in [7, 11) is -2.02. The largest absolute Gasteiger partial charge is 0.497 e. The van der Waals surface area contributed by atoms with Crippen LogP contribution in [0.25, 0.3) is 0 Å². The minimum atomic E-state index is -3.56. The molecule has 6 atom stereocenters. The fourth-order valence-electron chi connectivity index (χ4n) is 8.77. The Morgan fingerprint density at radius 1 is 1.04 bits per heavy atom. The monoisotopic (exact) mass is 729 g/mol. The number of hydrogen-bond donors (Lipinski definition) is 1. The Bertz CT molecular complexity index is 1920. The minimum absolute atomic E-state index is 0.115. The second-order valence-corrected chi connectivity index (χ2v) is 18.6. The van der Waals surface area contributed by atoms with E-state index in [1.54, 1.807) is 53.2 Å². The van der Waals surface area contributed by atoms with Crippen LogP contribution in [0.2, 0.25) is 18.6 Å². The third-order valence-electron chi connectivity index (χ3n) is 11.2. The number of rotatable bonds is 9. The third-order valence-corrected chi connectivity index (χ3v) is 13.7. The number of methoxy groups -OCH3 is 1. The molecule has 1 spiro atoms. The van der Waals surface area contributed by atoms with Crippen molar-refractivity contribution in [2.24, 2.45) is 5.92 Å². The standard InChI is InChI=1S/C39H44FN3O8Si/c1-23-37(52(4,5)40)33(18-34(46)41-21-27-9-7-6-8-26(27)16-29(41)22-44)51-39(23)31-17-30(49-3)14-15-32(31)42(38(39)48)20-25-10-12-28(13-11-25)43-35(47)19-36(43)50-24(2)45/h6-15,17,23,29,33,36-37,44H,16,18-22H2,1-5H3/t23-,29+,33+,36?,37-,39+/m1/s1. The van der Waals surface area contributed by atoms with E-state index < -0.39 is 49.8 Å². The molecule has 2 fully saturated rings. The second kappa shape index (κ2) is 13.4. The van der Waals surface area contributed by atoms with Gasteiger partial charge in [-0.15, -0.1) is 0 Å². The van der Waals surface area contributed by atoms with Gasteiger partial charge in [-0.1, -0.05) is 43.3 Å². The number of esters is 1. The molecule has 2 saturated heterocycles. The van der Waals surface area contributed by atoms with Gasteiger partial charge in [0.05, 0.1) is 50.9 Å². The summed E-state index contributed by atoms with van der Waals surface area (Å²) in [5.41, 5.74) is 2.33. The number of aliphatic hydroxyl groups excluding tert-OH is 1. The molecule has 11 nitrogen and oxygen atoms in total. The predicted octanol–water partition coefficient (Wildman–Crippen LogP) is 4.98. The van der Waals surface area contributed by atoms with E-state index in [4.69, 9.17) is 14.2 Å². The zero-order valence-electron chi connectivity index (χ0n) is 30.0. The molecule has 274 valence electrons. The van der Waals surface area contributed by atoms with Crippen molar-refractivity contribution in [1.29, 1.82) is 0 Å². The number of ether oxygens (including phenoxy) is 3. The number of fused-ring (bicyclic) bond motifs is 3. The van der Waals surface area contributed by atoms with Crippen molar-refractivity contribution in [3.05, 3.63) is 89.0 Å². The van der Waals surface area contributed by atoms with Gasteiger partial charge in [-0.2, -0.15) is 0 Å². The number of aliphatic hydroxyl groups is 1. The van der Waals surface area contributed by atoms with Crippen LogP contribution in [-0.4, -0.2) is 74.2 Å². The first-order valence-electron chi connectivity index (χ1n) is 17.7. The van der Waals surface area contributed by atoms with Crippen molar-refractivity contribution >= 4 is 43.5 Å². The molecule has 0 saturated carbocycles. The van der Waals surface area contributed by atoms with Gasteiger partial charge in [0.15, 0.2) is 11.8 Å². The summed E-state index contributed by atoms with van der Waals surface area (Å²) < 4.78 is 34.2. The summed E-state index contributed by atoms with van der Waals surface area (Å²) in [6.45, 7) is 6.63. The highest BCUT2D eigenvalue weighted by atomic mass is 28.4. The number of β-lactam (4-membered cyclic amide) rings is 1. The molecule has 0 aromatic heterocycles. The number of amides is 3. The first kappa shape index (κ1) is 35.8. The van der Waals surface area contributed by atoms with Crippen LogP contribution in [-0.2, 0) is 53.8 Å². The fourth-order valence-corrected chi connectivity index (χ4v) is 11.3. The van der Waals surface area contributed by atoms with E-state index in [0.717, 1.165) is 16.7 Å². The normalized spacial score (nSPS) is 26.7. The summed E-state index contributed by atoms with van der Waals surface area (Å²) in [5.74, 6) is -1.34. The number of hydrogen-bond acceptors (Lipinski definition) is 8. The van der Waals surface area contributed by atoms with Crippen molar-refractivity contribution in [2.75, 3.05) is 23.5 Å². The van der Waals surface area contributed by atoms with Gasteiger partial charge in [-0.3, -0.25) is 24.1 Å². The Labute approximate surface area is 303 Å².